The summed E-state index contributed by atoms with van der Waals surface area (Å²) in [6.07, 6.45) is 2.39. The van der Waals surface area contributed by atoms with E-state index in [0.717, 1.165) is 29.8 Å². The molecule has 120 valence electrons. The van der Waals surface area contributed by atoms with Gasteiger partial charge in [-0.25, -0.2) is 0 Å². The number of anilines is 1. The molecule has 0 unspecified atom stereocenters. The molecule has 3 nitrogen and oxygen atoms in total. The zero-order chi connectivity index (χ0) is 16.2. The lowest BCUT2D eigenvalue weighted by Crippen LogP contribution is -2.37. The summed E-state index contributed by atoms with van der Waals surface area (Å²) < 4.78 is 5.65. The van der Waals surface area contributed by atoms with Gasteiger partial charge in [0.05, 0.1) is 12.2 Å². The molecule has 0 atom stereocenters. The Morgan fingerprint density at radius 1 is 1.09 bits per heavy atom. The van der Waals surface area contributed by atoms with Crippen molar-refractivity contribution in [2.24, 2.45) is 0 Å². The lowest BCUT2D eigenvalue weighted by Gasteiger charge is -2.30. The number of ether oxygens (including phenoxy) is 1. The number of carbonyl (C=O) groups is 1. The third-order valence-corrected chi connectivity index (χ3v) is 4.26. The van der Waals surface area contributed by atoms with Crippen LogP contribution in [0, 0.1) is 13.8 Å². The molecule has 0 saturated heterocycles. The minimum absolute atomic E-state index is 0.187. The molecule has 0 bridgehead atoms. The molecule has 0 aromatic heterocycles. The van der Waals surface area contributed by atoms with Gasteiger partial charge in [-0.3, -0.25) is 4.79 Å². The topological polar surface area (TPSA) is 29.5 Å². The number of hydrogen-bond donors (Lipinski definition) is 0. The molecule has 1 aliphatic heterocycles. The van der Waals surface area contributed by atoms with Crippen LogP contribution < -0.4 is 9.64 Å². The first kappa shape index (κ1) is 15.6. The zero-order valence-corrected chi connectivity index (χ0v) is 13.8. The second kappa shape index (κ2) is 6.86. The first-order valence-electron chi connectivity index (χ1n) is 8.23. The zero-order valence-electron chi connectivity index (χ0n) is 13.8. The van der Waals surface area contributed by atoms with Gasteiger partial charge in [0.15, 0.2) is 0 Å². The molecule has 1 amide bonds. The number of rotatable bonds is 4. The van der Waals surface area contributed by atoms with E-state index in [0.29, 0.717) is 19.6 Å². The van der Waals surface area contributed by atoms with Crippen molar-refractivity contribution in [3.63, 3.8) is 0 Å². The Balaban J connectivity index is 1.61. The number of hydrogen-bond acceptors (Lipinski definition) is 2. The average Bonchev–Trinajstić information content (AvgIpc) is 2.56. The molecule has 1 heterocycles. The highest BCUT2D eigenvalue weighted by Gasteiger charge is 2.23. The van der Waals surface area contributed by atoms with Crippen LogP contribution >= 0.6 is 0 Å². The van der Waals surface area contributed by atoms with Gasteiger partial charge in [-0.05, 0) is 49.9 Å². The molecule has 3 rings (SSSR count). The van der Waals surface area contributed by atoms with E-state index < -0.39 is 0 Å². The maximum Gasteiger partial charge on any atom is 0.227 e. The third kappa shape index (κ3) is 3.73. The minimum atomic E-state index is 0.187. The fourth-order valence-electron chi connectivity index (χ4n) is 2.92. The Hall–Kier alpha value is -2.29. The summed E-state index contributed by atoms with van der Waals surface area (Å²) in [7, 11) is 0. The fourth-order valence-corrected chi connectivity index (χ4v) is 2.92. The largest absolute Gasteiger partial charge is 0.490 e. The fraction of sp³-hybridized carbons (Fsp3) is 0.350. The molecule has 0 radical (unpaired) electrons. The lowest BCUT2D eigenvalue weighted by molar-refractivity contribution is -0.118. The van der Waals surface area contributed by atoms with Gasteiger partial charge in [-0.15, -0.1) is 0 Å². The van der Waals surface area contributed by atoms with Crippen molar-refractivity contribution in [1.29, 1.82) is 0 Å². The molecule has 0 fully saturated rings. The summed E-state index contributed by atoms with van der Waals surface area (Å²) in [5.74, 6) is 1.00. The molecule has 0 aliphatic carbocycles. The van der Waals surface area contributed by atoms with E-state index in [-0.39, 0.29) is 5.91 Å². The second-order valence-corrected chi connectivity index (χ2v) is 6.20. The highest BCUT2D eigenvalue weighted by molar-refractivity contribution is 5.95. The quantitative estimate of drug-likeness (QED) is 0.852. The van der Waals surface area contributed by atoms with Crippen molar-refractivity contribution in [3.8, 4) is 5.75 Å². The molecule has 2 aromatic carbocycles. The van der Waals surface area contributed by atoms with Crippen LogP contribution in [0.25, 0.3) is 0 Å². The van der Waals surface area contributed by atoms with Crippen LogP contribution in [0.2, 0.25) is 0 Å². The predicted octanol–water partition coefficient (Wildman–Crippen LogP) is 4.05. The van der Waals surface area contributed by atoms with E-state index in [4.69, 9.17) is 4.74 Å². The molecule has 3 heteroatoms. The average molecular weight is 309 g/mol. The number of benzene rings is 2. The van der Waals surface area contributed by atoms with Crippen LogP contribution in [0.15, 0.2) is 42.5 Å². The van der Waals surface area contributed by atoms with Crippen LogP contribution in [0.3, 0.4) is 0 Å². The Labute approximate surface area is 137 Å². The Kier molecular flexibility index (Phi) is 4.65. The van der Waals surface area contributed by atoms with Gasteiger partial charge in [0, 0.05) is 6.42 Å². The van der Waals surface area contributed by atoms with Crippen molar-refractivity contribution in [2.75, 3.05) is 18.1 Å². The van der Waals surface area contributed by atoms with Crippen molar-refractivity contribution in [1.82, 2.24) is 0 Å². The molecular weight excluding hydrogens is 286 g/mol. The van der Waals surface area contributed by atoms with E-state index in [9.17, 15) is 4.79 Å². The van der Waals surface area contributed by atoms with E-state index in [1.54, 1.807) is 0 Å². The number of aryl methyl sites for hydroxylation is 3. The van der Waals surface area contributed by atoms with E-state index in [1.807, 2.05) is 30.0 Å². The second-order valence-electron chi connectivity index (χ2n) is 6.20. The van der Waals surface area contributed by atoms with Crippen molar-refractivity contribution < 1.29 is 9.53 Å². The van der Waals surface area contributed by atoms with E-state index in [1.165, 1.54) is 11.1 Å². The first-order valence-corrected chi connectivity index (χ1v) is 8.23. The van der Waals surface area contributed by atoms with Crippen LogP contribution in [-0.2, 0) is 11.2 Å². The Bertz CT molecular complexity index is 691. The summed E-state index contributed by atoms with van der Waals surface area (Å²) in [5, 5.41) is 0. The van der Waals surface area contributed by atoms with Gasteiger partial charge in [-0.1, -0.05) is 35.9 Å². The predicted molar refractivity (Wildman–Crippen MR) is 93.1 cm³/mol. The van der Waals surface area contributed by atoms with Crippen LogP contribution in [-0.4, -0.2) is 19.1 Å². The molecule has 0 saturated carbocycles. The Morgan fingerprint density at radius 2 is 1.83 bits per heavy atom. The van der Waals surface area contributed by atoms with Crippen molar-refractivity contribution in [2.45, 2.75) is 33.1 Å². The lowest BCUT2D eigenvalue weighted by atomic mass is 10.1. The summed E-state index contributed by atoms with van der Waals surface area (Å²) in [4.78, 5) is 14.5. The third-order valence-electron chi connectivity index (χ3n) is 4.26. The molecule has 0 N–H and O–H groups in total. The smallest absolute Gasteiger partial charge is 0.227 e. The monoisotopic (exact) mass is 309 g/mol. The van der Waals surface area contributed by atoms with Gasteiger partial charge in [0.1, 0.15) is 12.4 Å². The van der Waals surface area contributed by atoms with Gasteiger partial charge in [0.25, 0.3) is 0 Å². The van der Waals surface area contributed by atoms with E-state index >= 15 is 0 Å². The van der Waals surface area contributed by atoms with Gasteiger partial charge < -0.3 is 9.64 Å². The highest BCUT2D eigenvalue weighted by Crippen LogP contribution is 2.32. The molecule has 0 spiro atoms. The maximum absolute atomic E-state index is 12.6. The Morgan fingerprint density at radius 3 is 2.61 bits per heavy atom. The SMILES string of the molecule is Cc1ccc(CCCC(=O)N2CCOc3ccc(C)cc32)cc1. The highest BCUT2D eigenvalue weighted by atomic mass is 16.5. The molecular formula is C20H23NO2. The van der Waals surface area contributed by atoms with Gasteiger partial charge in [0.2, 0.25) is 5.91 Å². The summed E-state index contributed by atoms with van der Waals surface area (Å²) in [5.41, 5.74) is 4.62. The van der Waals surface area contributed by atoms with Gasteiger partial charge >= 0.3 is 0 Å². The minimum Gasteiger partial charge on any atom is -0.490 e. The number of nitrogens with zero attached hydrogens (tertiary/aromatic N) is 1. The summed E-state index contributed by atoms with van der Waals surface area (Å²) in [6, 6.07) is 14.5. The van der Waals surface area contributed by atoms with Crippen molar-refractivity contribution in [3.05, 3.63) is 59.2 Å². The standard InChI is InChI=1S/C20H23NO2/c1-15-6-9-17(10-7-15)4-3-5-20(22)21-12-13-23-19-11-8-16(2)14-18(19)21/h6-11,14H,3-5,12-13H2,1-2H3. The number of amides is 1. The molecule has 1 aliphatic rings. The summed E-state index contributed by atoms with van der Waals surface area (Å²) in [6.45, 7) is 5.33. The number of carbonyl (C=O) groups excluding carboxylic acids is 1. The van der Waals surface area contributed by atoms with Crippen molar-refractivity contribution >= 4 is 11.6 Å². The maximum atomic E-state index is 12.6. The molecule has 2 aromatic rings. The van der Waals surface area contributed by atoms with Gasteiger partial charge in [-0.2, -0.15) is 0 Å². The summed E-state index contributed by atoms with van der Waals surface area (Å²) >= 11 is 0. The van der Waals surface area contributed by atoms with Crippen LogP contribution in [0.4, 0.5) is 5.69 Å². The normalized spacial score (nSPS) is 13.4. The first-order chi connectivity index (χ1) is 11.1. The number of fused-ring (bicyclic) bond motifs is 1. The molecule has 23 heavy (non-hydrogen) atoms. The van der Waals surface area contributed by atoms with Crippen LogP contribution in [0.1, 0.15) is 29.5 Å². The van der Waals surface area contributed by atoms with E-state index in [2.05, 4.69) is 31.2 Å². The van der Waals surface area contributed by atoms with Crippen LogP contribution in [0.5, 0.6) is 5.75 Å².